The van der Waals surface area contributed by atoms with Crippen LogP contribution < -0.4 is 4.72 Å². The predicted octanol–water partition coefficient (Wildman–Crippen LogP) is 3.81. The number of esters is 1. The second kappa shape index (κ2) is 10.7. The van der Waals surface area contributed by atoms with Crippen LogP contribution >= 0.6 is 11.3 Å². The Morgan fingerprint density at radius 1 is 1.05 bits per heavy atom. The number of nitrogens with zero attached hydrogens (tertiary/aromatic N) is 2. The van der Waals surface area contributed by atoms with E-state index in [4.69, 9.17) is 4.74 Å². The number of sulfonamides is 1. The third-order valence-electron chi connectivity index (χ3n) is 7.63. The Kier molecular flexibility index (Phi) is 7.50. The number of aromatic nitrogens is 1. The minimum Gasteiger partial charge on any atom is -0.455 e. The summed E-state index contributed by atoms with van der Waals surface area (Å²) in [7, 11) is -4.02. The van der Waals surface area contributed by atoms with Crippen molar-refractivity contribution in [2.75, 3.05) is 26.2 Å². The van der Waals surface area contributed by atoms with Crippen LogP contribution in [0.1, 0.15) is 45.5 Å². The van der Waals surface area contributed by atoms with Gasteiger partial charge >= 0.3 is 5.97 Å². The number of ketones is 1. The Labute approximate surface area is 227 Å². The Balaban J connectivity index is 1.35. The molecule has 2 aromatic carbocycles. The summed E-state index contributed by atoms with van der Waals surface area (Å²) in [6.07, 6.45) is 1.35. The van der Waals surface area contributed by atoms with Gasteiger partial charge in [-0.1, -0.05) is 60.7 Å². The van der Waals surface area contributed by atoms with Gasteiger partial charge in [-0.25, -0.2) is 18.2 Å². The molecular weight excluding hydrogens is 522 g/mol. The van der Waals surface area contributed by atoms with Crippen molar-refractivity contribution in [3.05, 3.63) is 82.5 Å². The van der Waals surface area contributed by atoms with Crippen LogP contribution in [0.2, 0.25) is 0 Å². The van der Waals surface area contributed by atoms with Gasteiger partial charge in [0, 0.05) is 24.3 Å². The molecule has 38 heavy (non-hydrogen) atoms. The lowest BCUT2D eigenvalue weighted by atomic mass is 9.82. The highest BCUT2D eigenvalue weighted by Gasteiger charge is 2.49. The Hall–Kier alpha value is -2.92. The molecule has 4 heterocycles. The maximum Gasteiger partial charge on any atom is 0.329 e. The first-order valence-corrected chi connectivity index (χ1v) is 15.1. The van der Waals surface area contributed by atoms with E-state index < -0.39 is 22.0 Å². The number of thiazole rings is 1. The van der Waals surface area contributed by atoms with E-state index in [0.717, 1.165) is 37.3 Å². The third kappa shape index (κ3) is 5.58. The standard InChI is InChI=1S/C28H32N3O5S2/c1-19-28(37-20(2)29-19)38(34,35)30-26(23-11-7-4-8-12-23)27(33)36-25-18-31(15-13-22(25)14-16-31)17-24(32)21-9-5-3-6-10-21/h3-12,22,25-26,30H,13-18H2,1-2H3/q+1/t22?,25-,26?,31?/m0/s1. The summed E-state index contributed by atoms with van der Waals surface area (Å²) < 4.78 is 35.9. The van der Waals surface area contributed by atoms with Crippen LogP contribution in [0.3, 0.4) is 0 Å². The van der Waals surface area contributed by atoms with Crippen LogP contribution in [-0.4, -0.2) is 61.9 Å². The lowest BCUT2D eigenvalue weighted by Gasteiger charge is -2.51. The number of ether oxygens (including phenoxy) is 1. The molecule has 1 aromatic heterocycles. The second-order valence-electron chi connectivity index (χ2n) is 10.3. The molecule has 10 heteroatoms. The zero-order valence-corrected chi connectivity index (χ0v) is 23.1. The van der Waals surface area contributed by atoms with Crippen molar-refractivity contribution in [2.45, 2.75) is 43.0 Å². The van der Waals surface area contributed by atoms with Gasteiger partial charge in [-0.3, -0.25) is 4.79 Å². The molecule has 0 saturated carbocycles. The topological polar surface area (TPSA) is 102 Å². The zero-order chi connectivity index (χ0) is 26.9. The van der Waals surface area contributed by atoms with Gasteiger partial charge in [-0.2, -0.15) is 4.72 Å². The summed E-state index contributed by atoms with van der Waals surface area (Å²) in [5.74, 6) is -0.351. The van der Waals surface area contributed by atoms with Gasteiger partial charge in [0.05, 0.1) is 23.8 Å². The summed E-state index contributed by atoms with van der Waals surface area (Å²) >= 11 is 1.07. The van der Waals surface area contributed by atoms with E-state index in [1.807, 2.05) is 36.4 Å². The molecule has 0 amide bonds. The fourth-order valence-electron chi connectivity index (χ4n) is 5.68. The van der Waals surface area contributed by atoms with Gasteiger partial charge in [0.15, 0.2) is 10.3 Å². The van der Waals surface area contributed by atoms with E-state index >= 15 is 0 Å². The molecule has 0 radical (unpaired) electrons. The molecule has 3 saturated heterocycles. The van der Waals surface area contributed by atoms with Gasteiger partial charge in [0.2, 0.25) is 5.78 Å². The first kappa shape index (κ1) is 26.7. The van der Waals surface area contributed by atoms with Crippen molar-refractivity contribution in [3.63, 3.8) is 0 Å². The van der Waals surface area contributed by atoms with Crippen LogP contribution in [0.15, 0.2) is 64.9 Å². The first-order chi connectivity index (χ1) is 18.2. The number of fused-ring (bicyclic) bond motifs is 3. The van der Waals surface area contributed by atoms with Gasteiger partial charge in [-0.15, -0.1) is 11.3 Å². The number of carbonyl (C=O) groups is 2. The highest BCUT2D eigenvalue weighted by molar-refractivity contribution is 7.91. The summed E-state index contributed by atoms with van der Waals surface area (Å²) in [5.41, 5.74) is 1.59. The fourth-order valence-corrected chi connectivity index (χ4v) is 8.36. The van der Waals surface area contributed by atoms with Crippen molar-refractivity contribution in [3.8, 4) is 0 Å². The number of benzene rings is 2. The quantitative estimate of drug-likeness (QED) is 0.245. The number of hydrogen-bond donors (Lipinski definition) is 1. The predicted molar refractivity (Wildman–Crippen MR) is 144 cm³/mol. The SMILES string of the molecule is Cc1nc(C)c(S(=O)(=O)NC(C(=O)O[C@H]2C[N+]3(CC(=O)c4ccccc4)CCC2CC3)c2ccccc2)s1. The summed E-state index contributed by atoms with van der Waals surface area (Å²) in [6, 6.07) is 16.8. The molecule has 200 valence electrons. The van der Waals surface area contributed by atoms with E-state index in [0.29, 0.717) is 39.4 Å². The Morgan fingerprint density at radius 3 is 2.29 bits per heavy atom. The average molecular weight is 555 g/mol. The van der Waals surface area contributed by atoms with E-state index in [-0.39, 0.29) is 22.0 Å². The van der Waals surface area contributed by atoms with Crippen LogP contribution in [0.25, 0.3) is 0 Å². The first-order valence-electron chi connectivity index (χ1n) is 12.8. The number of quaternary nitrogens is 1. The second-order valence-corrected chi connectivity index (χ2v) is 13.4. The molecule has 3 fully saturated rings. The minimum atomic E-state index is -4.02. The van der Waals surface area contributed by atoms with Crippen LogP contribution in [0.4, 0.5) is 0 Å². The number of carbonyl (C=O) groups excluding carboxylic acids is 2. The highest BCUT2D eigenvalue weighted by Crippen LogP contribution is 2.37. The molecule has 2 atom stereocenters. The molecule has 3 aliphatic heterocycles. The zero-order valence-electron chi connectivity index (χ0n) is 21.5. The third-order valence-corrected chi connectivity index (χ3v) is 10.7. The molecule has 6 rings (SSSR count). The van der Waals surface area contributed by atoms with Crippen molar-refractivity contribution in [2.24, 2.45) is 5.92 Å². The van der Waals surface area contributed by atoms with E-state index in [9.17, 15) is 18.0 Å². The largest absolute Gasteiger partial charge is 0.455 e. The molecule has 2 bridgehead atoms. The number of nitrogens with one attached hydrogen (secondary N) is 1. The Morgan fingerprint density at radius 2 is 1.68 bits per heavy atom. The van der Waals surface area contributed by atoms with E-state index in [1.165, 1.54) is 0 Å². The maximum atomic E-state index is 13.6. The van der Waals surface area contributed by atoms with Gasteiger partial charge in [-0.05, 0) is 19.4 Å². The molecule has 3 aromatic rings. The van der Waals surface area contributed by atoms with E-state index in [2.05, 4.69) is 9.71 Å². The number of Topliss-reactive ketones (excluding diaryl/α,β-unsaturated/α-hetero) is 1. The lowest BCUT2D eigenvalue weighted by molar-refractivity contribution is -0.938. The maximum absolute atomic E-state index is 13.6. The molecule has 3 aliphatic rings. The summed E-state index contributed by atoms with van der Waals surface area (Å²) in [4.78, 5) is 30.9. The average Bonchev–Trinajstić information content (AvgIpc) is 3.27. The fraction of sp³-hybridized carbons (Fsp3) is 0.393. The molecule has 0 spiro atoms. The molecular formula is C28H32N3O5S2+. The smallest absolute Gasteiger partial charge is 0.329 e. The van der Waals surface area contributed by atoms with Crippen molar-refractivity contribution in [1.29, 1.82) is 0 Å². The van der Waals surface area contributed by atoms with Crippen LogP contribution in [-0.2, 0) is 19.6 Å². The Bertz CT molecular complexity index is 1420. The number of piperidine rings is 3. The number of hydrogen-bond acceptors (Lipinski definition) is 7. The summed E-state index contributed by atoms with van der Waals surface area (Å²) in [5, 5.41) is 0.632. The minimum absolute atomic E-state index is 0.0844. The van der Waals surface area contributed by atoms with Crippen LogP contribution in [0.5, 0.6) is 0 Å². The van der Waals surface area contributed by atoms with E-state index in [1.54, 1.807) is 38.1 Å². The number of aryl methyl sites for hydroxylation is 2. The normalized spacial score (nSPS) is 23.6. The van der Waals surface area contributed by atoms with Gasteiger partial charge in [0.1, 0.15) is 19.1 Å². The van der Waals surface area contributed by atoms with Gasteiger partial charge in [0.25, 0.3) is 10.0 Å². The summed E-state index contributed by atoms with van der Waals surface area (Å²) in [6.45, 7) is 6.04. The van der Waals surface area contributed by atoms with Gasteiger partial charge < -0.3 is 9.22 Å². The number of rotatable bonds is 9. The molecule has 1 unspecified atom stereocenters. The highest BCUT2D eigenvalue weighted by atomic mass is 32.2. The molecule has 0 aliphatic carbocycles. The molecule has 8 nitrogen and oxygen atoms in total. The van der Waals surface area contributed by atoms with Crippen LogP contribution in [0, 0.1) is 19.8 Å². The molecule has 1 N–H and O–H groups in total. The van der Waals surface area contributed by atoms with Crippen molar-refractivity contribution < 1.29 is 27.2 Å². The van der Waals surface area contributed by atoms with Crippen molar-refractivity contribution >= 4 is 33.1 Å². The van der Waals surface area contributed by atoms with Crippen molar-refractivity contribution in [1.82, 2.24) is 9.71 Å². The monoisotopic (exact) mass is 554 g/mol. The lowest BCUT2D eigenvalue weighted by Crippen LogP contribution is -2.66.